The van der Waals surface area contributed by atoms with Crippen LogP contribution in [0.1, 0.15) is 13.3 Å². The number of rotatable bonds is 6. The van der Waals surface area contributed by atoms with E-state index in [1.165, 1.54) is 0 Å². The molecule has 0 aliphatic heterocycles. The van der Waals surface area contributed by atoms with Crippen molar-refractivity contribution in [1.82, 2.24) is 0 Å². The molecule has 0 fully saturated rings. The molecule has 0 aromatic heterocycles. The second kappa shape index (κ2) is 7.37. The molecule has 0 aromatic rings. The van der Waals surface area contributed by atoms with Crippen molar-refractivity contribution in [3.05, 3.63) is 0 Å². The lowest BCUT2D eigenvalue weighted by Crippen LogP contribution is -2.13. The zero-order chi connectivity index (χ0) is 9.40. The number of methoxy groups -OCH3 is 1. The monoisotopic (exact) mass is 194 g/mol. The molecule has 1 unspecified atom stereocenters. The molecule has 72 valence electrons. The molecule has 0 rings (SSSR count). The van der Waals surface area contributed by atoms with Crippen LogP contribution in [0.15, 0.2) is 0 Å². The summed E-state index contributed by atoms with van der Waals surface area (Å²) in [6.07, 6.45) is 0.895. The smallest absolute Gasteiger partial charge is 0.320 e. The third-order valence-electron chi connectivity index (χ3n) is 1.45. The minimum absolute atomic E-state index is 0.0724. The van der Waals surface area contributed by atoms with Crippen LogP contribution in [0.3, 0.4) is 0 Å². The number of alkyl halides is 1. The minimum atomic E-state index is -0.360. The normalized spacial score (nSPS) is 12.6. The van der Waals surface area contributed by atoms with Crippen molar-refractivity contribution in [2.75, 3.05) is 26.2 Å². The Kier molecular flexibility index (Phi) is 7.20. The Morgan fingerprint density at radius 2 is 2.25 bits per heavy atom. The zero-order valence-corrected chi connectivity index (χ0v) is 8.26. The molecule has 0 aliphatic rings. The summed E-state index contributed by atoms with van der Waals surface area (Å²) >= 11 is 5.24. The lowest BCUT2D eigenvalue weighted by atomic mass is 10.1. The Hall–Kier alpha value is -0.280. The van der Waals surface area contributed by atoms with Gasteiger partial charge in [0.15, 0.2) is 0 Å². The van der Waals surface area contributed by atoms with Gasteiger partial charge < -0.3 is 9.47 Å². The molecule has 1 atom stereocenters. The standard InChI is InChI=1S/C8H15ClO3/c1-7(3-4-11-2)6-12-8(10)5-9/h7H,3-6H2,1-2H3. The van der Waals surface area contributed by atoms with Crippen molar-refractivity contribution in [2.45, 2.75) is 13.3 Å². The van der Waals surface area contributed by atoms with Gasteiger partial charge >= 0.3 is 5.97 Å². The van der Waals surface area contributed by atoms with E-state index in [0.717, 1.165) is 6.42 Å². The van der Waals surface area contributed by atoms with E-state index in [9.17, 15) is 4.79 Å². The predicted molar refractivity (Wildman–Crippen MR) is 47.3 cm³/mol. The molecular formula is C8H15ClO3. The summed E-state index contributed by atoms with van der Waals surface area (Å²) in [5.41, 5.74) is 0. The van der Waals surface area contributed by atoms with Gasteiger partial charge in [0.25, 0.3) is 0 Å². The van der Waals surface area contributed by atoms with Crippen molar-refractivity contribution in [3.63, 3.8) is 0 Å². The molecule has 0 aliphatic carbocycles. The molecular weight excluding hydrogens is 180 g/mol. The van der Waals surface area contributed by atoms with E-state index < -0.39 is 0 Å². The highest BCUT2D eigenvalue weighted by Gasteiger charge is 2.05. The number of carbonyl (C=O) groups is 1. The minimum Gasteiger partial charge on any atom is -0.465 e. The fourth-order valence-corrected chi connectivity index (χ4v) is 0.753. The van der Waals surface area contributed by atoms with Gasteiger partial charge in [-0.25, -0.2) is 0 Å². The molecule has 0 aromatic carbocycles. The first kappa shape index (κ1) is 11.7. The summed E-state index contributed by atoms with van der Waals surface area (Å²) in [7, 11) is 1.65. The molecule has 4 heteroatoms. The van der Waals surface area contributed by atoms with E-state index in [1.807, 2.05) is 6.92 Å². The maximum Gasteiger partial charge on any atom is 0.320 e. The molecule has 0 saturated carbocycles. The van der Waals surface area contributed by atoms with Crippen molar-refractivity contribution in [1.29, 1.82) is 0 Å². The molecule has 0 heterocycles. The first-order chi connectivity index (χ1) is 5.70. The van der Waals surface area contributed by atoms with Crippen molar-refractivity contribution in [3.8, 4) is 0 Å². The number of carbonyl (C=O) groups excluding carboxylic acids is 1. The SMILES string of the molecule is COCCC(C)COC(=O)CCl. The van der Waals surface area contributed by atoms with Crippen LogP contribution in [0.4, 0.5) is 0 Å². The van der Waals surface area contributed by atoms with E-state index >= 15 is 0 Å². The highest BCUT2D eigenvalue weighted by Crippen LogP contribution is 2.02. The molecule has 0 N–H and O–H groups in total. The van der Waals surface area contributed by atoms with Gasteiger partial charge in [0.05, 0.1) is 6.61 Å². The fourth-order valence-electron chi connectivity index (χ4n) is 0.676. The van der Waals surface area contributed by atoms with Gasteiger partial charge in [0.1, 0.15) is 5.88 Å². The van der Waals surface area contributed by atoms with Gasteiger partial charge in [-0.1, -0.05) is 6.92 Å². The van der Waals surface area contributed by atoms with Crippen molar-refractivity contribution >= 4 is 17.6 Å². The lowest BCUT2D eigenvalue weighted by molar-refractivity contribution is -0.141. The average Bonchev–Trinajstić information content (AvgIpc) is 2.10. The van der Waals surface area contributed by atoms with Gasteiger partial charge in [-0.3, -0.25) is 4.79 Å². The molecule has 3 nitrogen and oxygen atoms in total. The zero-order valence-electron chi connectivity index (χ0n) is 7.51. The Morgan fingerprint density at radius 3 is 2.75 bits per heavy atom. The molecule has 0 radical (unpaired) electrons. The summed E-state index contributed by atoms with van der Waals surface area (Å²) in [6, 6.07) is 0. The number of hydrogen-bond donors (Lipinski definition) is 0. The molecule has 12 heavy (non-hydrogen) atoms. The Morgan fingerprint density at radius 1 is 1.58 bits per heavy atom. The Bertz CT molecular complexity index is 127. The number of ether oxygens (including phenoxy) is 2. The fraction of sp³-hybridized carbons (Fsp3) is 0.875. The largest absolute Gasteiger partial charge is 0.465 e. The predicted octanol–water partition coefficient (Wildman–Crippen LogP) is 1.44. The van der Waals surface area contributed by atoms with E-state index in [1.54, 1.807) is 7.11 Å². The average molecular weight is 195 g/mol. The van der Waals surface area contributed by atoms with Crippen LogP contribution in [0.2, 0.25) is 0 Å². The highest BCUT2D eigenvalue weighted by molar-refractivity contribution is 6.26. The van der Waals surface area contributed by atoms with Crippen LogP contribution >= 0.6 is 11.6 Å². The summed E-state index contributed by atoms with van der Waals surface area (Å²) in [4.78, 5) is 10.6. The highest BCUT2D eigenvalue weighted by atomic mass is 35.5. The van der Waals surface area contributed by atoms with Gasteiger partial charge in [0.2, 0.25) is 0 Å². The number of esters is 1. The van der Waals surface area contributed by atoms with Crippen molar-refractivity contribution in [2.24, 2.45) is 5.92 Å². The van der Waals surface area contributed by atoms with Crippen LogP contribution in [0.5, 0.6) is 0 Å². The van der Waals surface area contributed by atoms with E-state index in [0.29, 0.717) is 19.1 Å². The first-order valence-electron chi connectivity index (χ1n) is 3.91. The van der Waals surface area contributed by atoms with Crippen LogP contribution in [0.25, 0.3) is 0 Å². The summed E-state index contributed by atoms with van der Waals surface area (Å²) in [5, 5.41) is 0. The lowest BCUT2D eigenvalue weighted by Gasteiger charge is -2.10. The summed E-state index contributed by atoms with van der Waals surface area (Å²) < 4.78 is 9.70. The van der Waals surface area contributed by atoms with Crippen LogP contribution < -0.4 is 0 Å². The third-order valence-corrected chi connectivity index (χ3v) is 1.67. The molecule has 0 amide bonds. The van der Waals surface area contributed by atoms with E-state index in [-0.39, 0.29) is 11.8 Å². The van der Waals surface area contributed by atoms with Gasteiger partial charge in [-0.05, 0) is 12.3 Å². The summed E-state index contributed by atoms with van der Waals surface area (Å²) in [5.74, 6) is -0.102. The Balaban J connectivity index is 3.30. The molecule has 0 saturated heterocycles. The number of halogens is 1. The molecule has 0 bridgehead atoms. The Labute approximate surface area is 78.0 Å². The van der Waals surface area contributed by atoms with Crippen LogP contribution in [-0.2, 0) is 14.3 Å². The third kappa shape index (κ3) is 6.43. The quantitative estimate of drug-likeness (QED) is 0.474. The number of hydrogen-bond acceptors (Lipinski definition) is 3. The second-order valence-corrected chi connectivity index (χ2v) is 2.97. The first-order valence-corrected chi connectivity index (χ1v) is 4.44. The van der Waals surface area contributed by atoms with Crippen molar-refractivity contribution < 1.29 is 14.3 Å². The van der Waals surface area contributed by atoms with E-state index in [4.69, 9.17) is 21.1 Å². The van der Waals surface area contributed by atoms with E-state index in [2.05, 4.69) is 0 Å². The van der Waals surface area contributed by atoms with Crippen LogP contribution in [0, 0.1) is 5.92 Å². The second-order valence-electron chi connectivity index (χ2n) is 2.70. The molecule has 0 spiro atoms. The summed E-state index contributed by atoms with van der Waals surface area (Å²) in [6.45, 7) is 3.12. The topological polar surface area (TPSA) is 35.5 Å². The maximum absolute atomic E-state index is 10.6. The maximum atomic E-state index is 10.6. The van der Waals surface area contributed by atoms with Gasteiger partial charge in [-0.2, -0.15) is 0 Å². The van der Waals surface area contributed by atoms with Gasteiger partial charge in [0, 0.05) is 13.7 Å². The van der Waals surface area contributed by atoms with Crippen LogP contribution in [-0.4, -0.2) is 32.2 Å². The van der Waals surface area contributed by atoms with Gasteiger partial charge in [-0.15, -0.1) is 11.6 Å².